The predicted octanol–water partition coefficient (Wildman–Crippen LogP) is 1.58. The van der Waals surface area contributed by atoms with Crippen LogP contribution in [0.5, 0.6) is 0 Å². The monoisotopic (exact) mass is 276 g/mol. The molecule has 4 heteroatoms. The number of nitrogens with zero attached hydrogens (tertiary/aromatic N) is 1. The van der Waals surface area contributed by atoms with E-state index in [1.807, 2.05) is 56.0 Å². The van der Waals surface area contributed by atoms with Crippen LogP contribution >= 0.6 is 0 Å². The lowest BCUT2D eigenvalue weighted by Gasteiger charge is -2.42. The number of morpholine rings is 1. The molecule has 0 unspecified atom stereocenters. The van der Waals surface area contributed by atoms with Crippen LogP contribution in [-0.4, -0.2) is 41.6 Å². The lowest BCUT2D eigenvalue weighted by atomic mass is 10.0. The van der Waals surface area contributed by atoms with Gasteiger partial charge in [-0.25, -0.2) is 0 Å². The van der Waals surface area contributed by atoms with Gasteiger partial charge in [-0.15, -0.1) is 0 Å². The van der Waals surface area contributed by atoms with Crippen LogP contribution in [0.1, 0.15) is 26.3 Å². The van der Waals surface area contributed by atoms with Crippen molar-refractivity contribution < 1.29 is 9.53 Å². The predicted molar refractivity (Wildman–Crippen MR) is 79.3 cm³/mol. The first kappa shape index (κ1) is 15.0. The minimum atomic E-state index is -0.488. The fourth-order valence-electron chi connectivity index (χ4n) is 2.81. The summed E-state index contributed by atoms with van der Waals surface area (Å²) >= 11 is 0. The van der Waals surface area contributed by atoms with Crippen LogP contribution in [-0.2, 0) is 16.0 Å². The Morgan fingerprint density at radius 2 is 2.10 bits per heavy atom. The topological polar surface area (TPSA) is 55.6 Å². The van der Waals surface area contributed by atoms with Crippen molar-refractivity contribution in [1.82, 2.24) is 4.90 Å². The van der Waals surface area contributed by atoms with E-state index in [0.717, 1.165) is 5.56 Å². The van der Waals surface area contributed by atoms with E-state index in [-0.39, 0.29) is 17.6 Å². The van der Waals surface area contributed by atoms with Gasteiger partial charge in [0, 0.05) is 13.1 Å². The number of benzene rings is 1. The summed E-state index contributed by atoms with van der Waals surface area (Å²) in [6.07, 6.45) is 0.623. The minimum absolute atomic E-state index is 0.0112. The molecule has 0 spiro atoms. The minimum Gasteiger partial charge on any atom is -0.369 e. The first-order chi connectivity index (χ1) is 9.37. The van der Waals surface area contributed by atoms with Gasteiger partial charge in [0.1, 0.15) is 0 Å². The third-order valence-electron chi connectivity index (χ3n) is 3.50. The third-order valence-corrected chi connectivity index (χ3v) is 3.50. The van der Waals surface area contributed by atoms with Gasteiger partial charge in [0.25, 0.3) is 0 Å². The Labute approximate surface area is 120 Å². The van der Waals surface area contributed by atoms with Crippen molar-refractivity contribution in [1.29, 1.82) is 0 Å². The van der Waals surface area contributed by atoms with Crippen molar-refractivity contribution in [3.8, 4) is 0 Å². The Morgan fingerprint density at radius 3 is 2.70 bits per heavy atom. The summed E-state index contributed by atoms with van der Waals surface area (Å²) in [5.74, 6) is 0.0112. The van der Waals surface area contributed by atoms with Crippen molar-refractivity contribution in [3.05, 3.63) is 35.9 Å². The van der Waals surface area contributed by atoms with Crippen molar-refractivity contribution in [2.24, 2.45) is 5.73 Å². The molecule has 4 nitrogen and oxygen atoms in total. The second-order valence-electron chi connectivity index (χ2n) is 6.20. The van der Waals surface area contributed by atoms with Gasteiger partial charge in [-0.1, -0.05) is 30.3 Å². The molecule has 2 atom stereocenters. The molecule has 20 heavy (non-hydrogen) atoms. The highest BCUT2D eigenvalue weighted by atomic mass is 16.5. The van der Waals surface area contributed by atoms with Gasteiger partial charge in [-0.2, -0.15) is 0 Å². The molecular formula is C16H24N2O2. The average molecular weight is 276 g/mol. The number of amides is 1. The van der Waals surface area contributed by atoms with Gasteiger partial charge in [0.2, 0.25) is 5.91 Å². The summed E-state index contributed by atoms with van der Waals surface area (Å²) in [5.41, 5.74) is 6.87. The molecule has 110 valence electrons. The number of ether oxygens (including phenoxy) is 1. The van der Waals surface area contributed by atoms with Crippen molar-refractivity contribution in [2.45, 2.75) is 44.9 Å². The quantitative estimate of drug-likeness (QED) is 0.912. The first-order valence-corrected chi connectivity index (χ1v) is 7.13. The molecule has 1 aromatic rings. The van der Waals surface area contributed by atoms with Crippen LogP contribution in [0.25, 0.3) is 0 Å². The maximum Gasteiger partial charge on any atom is 0.240 e. The smallest absolute Gasteiger partial charge is 0.240 e. The average Bonchev–Trinajstić information content (AvgIpc) is 2.36. The Kier molecular flexibility index (Phi) is 4.45. The number of carbonyl (C=O) groups excluding carboxylic acids is 1. The normalized spacial score (nSPS) is 23.4. The standard InChI is InChI=1S/C16H24N2O2/c1-12-10-18(11-16(2,3)20-12)15(19)14(17)9-13-7-5-4-6-8-13/h4-8,12,14H,9-11,17H2,1-3H3/t12-,14+/m1/s1. The van der Waals surface area contributed by atoms with Crippen molar-refractivity contribution >= 4 is 5.91 Å². The van der Waals surface area contributed by atoms with Gasteiger partial charge in [-0.3, -0.25) is 4.79 Å². The van der Waals surface area contributed by atoms with Crippen LogP contribution in [0.15, 0.2) is 30.3 Å². The van der Waals surface area contributed by atoms with Crippen LogP contribution in [0.3, 0.4) is 0 Å². The van der Waals surface area contributed by atoms with Crippen LogP contribution in [0.4, 0.5) is 0 Å². The molecule has 1 amide bonds. The van der Waals surface area contributed by atoms with Crippen molar-refractivity contribution in [2.75, 3.05) is 13.1 Å². The highest BCUT2D eigenvalue weighted by Crippen LogP contribution is 2.21. The van der Waals surface area contributed by atoms with Crippen LogP contribution in [0, 0.1) is 0 Å². The van der Waals surface area contributed by atoms with Crippen molar-refractivity contribution in [3.63, 3.8) is 0 Å². The molecule has 0 aromatic heterocycles. The highest BCUT2D eigenvalue weighted by Gasteiger charge is 2.35. The molecule has 0 radical (unpaired) electrons. The van der Waals surface area contributed by atoms with E-state index in [9.17, 15) is 4.79 Å². The number of hydrogen-bond acceptors (Lipinski definition) is 3. The van der Waals surface area contributed by atoms with E-state index in [1.165, 1.54) is 0 Å². The number of rotatable bonds is 3. The molecule has 1 fully saturated rings. The van der Waals surface area contributed by atoms with Gasteiger partial charge in [0.15, 0.2) is 0 Å². The van der Waals surface area contributed by atoms with Crippen LogP contribution < -0.4 is 5.73 Å². The Hall–Kier alpha value is -1.39. The Morgan fingerprint density at radius 1 is 1.45 bits per heavy atom. The molecule has 0 bridgehead atoms. The summed E-state index contributed by atoms with van der Waals surface area (Å²) in [6.45, 7) is 7.21. The maximum atomic E-state index is 12.5. The summed E-state index contributed by atoms with van der Waals surface area (Å²) in [6, 6.07) is 9.40. The Balaban J connectivity index is 1.99. The van der Waals surface area contributed by atoms with Gasteiger partial charge in [-0.05, 0) is 32.8 Å². The molecule has 2 rings (SSSR count). The zero-order valence-corrected chi connectivity index (χ0v) is 12.5. The van der Waals surface area contributed by atoms with E-state index in [1.54, 1.807) is 0 Å². The van der Waals surface area contributed by atoms with Gasteiger partial charge in [0.05, 0.1) is 17.7 Å². The zero-order chi connectivity index (χ0) is 14.8. The van der Waals surface area contributed by atoms with E-state index >= 15 is 0 Å². The summed E-state index contributed by atoms with van der Waals surface area (Å²) in [4.78, 5) is 14.3. The fourth-order valence-corrected chi connectivity index (χ4v) is 2.81. The van der Waals surface area contributed by atoms with Crippen LogP contribution in [0.2, 0.25) is 0 Å². The number of nitrogens with two attached hydrogens (primary N) is 1. The second kappa shape index (κ2) is 5.94. The first-order valence-electron chi connectivity index (χ1n) is 7.13. The molecule has 1 aliphatic heterocycles. The molecule has 0 aliphatic carbocycles. The second-order valence-corrected chi connectivity index (χ2v) is 6.20. The summed E-state index contributed by atoms with van der Waals surface area (Å²) < 4.78 is 5.82. The number of hydrogen-bond donors (Lipinski definition) is 1. The Bertz CT molecular complexity index is 459. The maximum absolute atomic E-state index is 12.5. The molecular weight excluding hydrogens is 252 g/mol. The lowest BCUT2D eigenvalue weighted by molar-refractivity contribution is -0.159. The van der Waals surface area contributed by atoms with Gasteiger partial charge < -0.3 is 15.4 Å². The number of carbonyl (C=O) groups is 1. The summed E-state index contributed by atoms with van der Waals surface area (Å²) in [7, 11) is 0. The molecule has 0 saturated carbocycles. The highest BCUT2D eigenvalue weighted by molar-refractivity contribution is 5.82. The molecule has 2 N–H and O–H groups in total. The van der Waals surface area contributed by atoms with E-state index < -0.39 is 6.04 Å². The third kappa shape index (κ3) is 3.81. The zero-order valence-electron chi connectivity index (χ0n) is 12.5. The SMILES string of the molecule is C[C@@H]1CN(C(=O)[C@@H](N)Cc2ccccc2)CC(C)(C)O1. The molecule has 1 aromatic carbocycles. The van der Waals surface area contributed by atoms with E-state index in [2.05, 4.69) is 0 Å². The van der Waals surface area contributed by atoms with Gasteiger partial charge >= 0.3 is 0 Å². The van der Waals surface area contributed by atoms with E-state index in [0.29, 0.717) is 19.5 Å². The largest absolute Gasteiger partial charge is 0.369 e. The fraction of sp³-hybridized carbons (Fsp3) is 0.562. The molecule has 1 aliphatic rings. The van der Waals surface area contributed by atoms with E-state index in [4.69, 9.17) is 10.5 Å². The summed E-state index contributed by atoms with van der Waals surface area (Å²) in [5, 5.41) is 0. The molecule has 1 heterocycles. The lowest BCUT2D eigenvalue weighted by Crippen LogP contribution is -2.57. The molecule has 1 saturated heterocycles.